The molecule has 0 radical (unpaired) electrons. The third kappa shape index (κ3) is 3.17. The minimum absolute atomic E-state index is 0.0584. The number of halogens is 1. The first-order valence-corrected chi connectivity index (χ1v) is 9.35. The van der Waals surface area contributed by atoms with Crippen molar-refractivity contribution in [1.82, 2.24) is 15.2 Å². The lowest BCUT2D eigenvalue weighted by atomic mass is 10.2. The van der Waals surface area contributed by atoms with Crippen molar-refractivity contribution in [2.24, 2.45) is 11.0 Å². The van der Waals surface area contributed by atoms with Gasteiger partial charge in [-0.05, 0) is 26.2 Å². The molecule has 1 aliphatic heterocycles. The first-order valence-electron chi connectivity index (χ1n) is 7.15. The maximum Gasteiger partial charge on any atom is 0.243 e. The standard InChI is InChI=1S/C13H17ClN4O3S/c1-8-11(6-15-16-13(19)9-2-3-9)12(14)18(17-8)10-4-5-22(20,21)7-10/h6,9-10H,2-5,7H2,1H3,(H,16,19)/b15-6-/t10-/m1/s1. The van der Waals surface area contributed by atoms with Gasteiger partial charge in [-0.1, -0.05) is 11.6 Å². The molecule has 1 aromatic rings. The number of amides is 1. The number of rotatable bonds is 4. The molecule has 1 aromatic heterocycles. The van der Waals surface area contributed by atoms with Crippen LogP contribution in [0.5, 0.6) is 0 Å². The number of nitrogens with one attached hydrogen (secondary N) is 1. The Morgan fingerprint density at radius 2 is 2.18 bits per heavy atom. The molecule has 0 bridgehead atoms. The average Bonchev–Trinajstić information content (AvgIpc) is 3.18. The maximum atomic E-state index is 11.6. The molecule has 2 heterocycles. The molecule has 1 amide bonds. The number of aryl methyl sites for hydroxylation is 1. The highest BCUT2D eigenvalue weighted by molar-refractivity contribution is 7.91. The van der Waals surface area contributed by atoms with Crippen molar-refractivity contribution in [3.05, 3.63) is 16.4 Å². The monoisotopic (exact) mass is 344 g/mol. The van der Waals surface area contributed by atoms with Gasteiger partial charge in [0.05, 0.1) is 35.0 Å². The highest BCUT2D eigenvalue weighted by atomic mass is 35.5. The first-order chi connectivity index (χ1) is 10.4. The van der Waals surface area contributed by atoms with Crippen molar-refractivity contribution in [3.63, 3.8) is 0 Å². The quantitative estimate of drug-likeness (QED) is 0.653. The maximum absolute atomic E-state index is 11.6. The molecule has 7 nitrogen and oxygen atoms in total. The molecule has 22 heavy (non-hydrogen) atoms. The van der Waals surface area contributed by atoms with Gasteiger partial charge >= 0.3 is 0 Å². The van der Waals surface area contributed by atoms with Crippen molar-refractivity contribution in [2.75, 3.05) is 11.5 Å². The molecule has 3 rings (SSSR count). The summed E-state index contributed by atoms with van der Waals surface area (Å²) in [6.07, 6.45) is 3.80. The van der Waals surface area contributed by atoms with Crippen LogP contribution in [-0.4, -0.2) is 41.8 Å². The number of sulfone groups is 1. The van der Waals surface area contributed by atoms with Gasteiger partial charge in [-0.2, -0.15) is 10.2 Å². The fraction of sp³-hybridized carbons (Fsp3) is 0.615. The Labute approximate surface area is 133 Å². The second-order valence-corrected chi connectivity index (χ2v) is 8.39. The van der Waals surface area contributed by atoms with Crippen LogP contribution in [0.2, 0.25) is 5.15 Å². The highest BCUT2D eigenvalue weighted by Crippen LogP contribution is 2.30. The van der Waals surface area contributed by atoms with Gasteiger partial charge in [-0.25, -0.2) is 18.5 Å². The zero-order valence-corrected chi connectivity index (χ0v) is 13.7. The Morgan fingerprint density at radius 3 is 2.77 bits per heavy atom. The molecule has 1 saturated carbocycles. The lowest BCUT2D eigenvalue weighted by molar-refractivity contribution is -0.122. The van der Waals surface area contributed by atoms with E-state index < -0.39 is 9.84 Å². The number of nitrogens with zero attached hydrogens (tertiary/aromatic N) is 3. The highest BCUT2D eigenvalue weighted by Gasteiger charge is 2.32. The van der Waals surface area contributed by atoms with Crippen molar-refractivity contribution >= 4 is 33.6 Å². The molecule has 1 atom stereocenters. The third-order valence-corrected chi connectivity index (χ3v) is 6.07. The summed E-state index contributed by atoms with van der Waals surface area (Å²) in [7, 11) is -3.00. The number of hydrogen-bond donors (Lipinski definition) is 1. The van der Waals surface area contributed by atoms with Gasteiger partial charge < -0.3 is 0 Å². The fourth-order valence-electron chi connectivity index (χ4n) is 2.49. The van der Waals surface area contributed by atoms with E-state index in [1.165, 1.54) is 6.21 Å². The predicted octanol–water partition coefficient (Wildman–Crippen LogP) is 1.06. The number of carbonyl (C=O) groups excluding carboxylic acids is 1. The van der Waals surface area contributed by atoms with Crippen LogP contribution < -0.4 is 5.43 Å². The van der Waals surface area contributed by atoms with E-state index in [-0.39, 0.29) is 29.4 Å². The molecule has 9 heteroatoms. The first kappa shape index (κ1) is 15.5. The zero-order valence-electron chi connectivity index (χ0n) is 12.1. The predicted molar refractivity (Wildman–Crippen MR) is 82.7 cm³/mol. The Morgan fingerprint density at radius 1 is 1.45 bits per heavy atom. The van der Waals surface area contributed by atoms with Gasteiger partial charge in [0, 0.05) is 5.92 Å². The van der Waals surface area contributed by atoms with E-state index in [4.69, 9.17) is 11.6 Å². The van der Waals surface area contributed by atoms with Gasteiger partial charge in [-0.3, -0.25) is 4.79 Å². The molecule has 2 aliphatic rings. The molecular weight excluding hydrogens is 328 g/mol. The molecule has 0 aromatic carbocycles. The molecule has 1 saturated heterocycles. The summed E-state index contributed by atoms with van der Waals surface area (Å²) in [5.41, 5.74) is 3.73. The molecule has 1 N–H and O–H groups in total. The van der Waals surface area contributed by atoms with Crippen molar-refractivity contribution in [1.29, 1.82) is 0 Å². The second kappa shape index (κ2) is 5.66. The topological polar surface area (TPSA) is 93.4 Å². The normalized spacial score (nSPS) is 24.0. The van der Waals surface area contributed by atoms with Crippen LogP contribution in [0.4, 0.5) is 0 Å². The van der Waals surface area contributed by atoms with E-state index in [1.54, 1.807) is 11.6 Å². The van der Waals surface area contributed by atoms with Crippen LogP contribution in [-0.2, 0) is 14.6 Å². The van der Waals surface area contributed by atoms with E-state index in [2.05, 4.69) is 15.6 Å². The lowest BCUT2D eigenvalue weighted by Gasteiger charge is -2.09. The van der Waals surface area contributed by atoms with Crippen LogP contribution in [0, 0.1) is 12.8 Å². The summed E-state index contributed by atoms with van der Waals surface area (Å²) >= 11 is 6.29. The van der Waals surface area contributed by atoms with Crippen LogP contribution in [0.1, 0.15) is 36.6 Å². The summed E-state index contributed by atoms with van der Waals surface area (Å²) in [5, 5.41) is 8.58. The van der Waals surface area contributed by atoms with E-state index in [1.807, 2.05) is 0 Å². The Bertz CT molecular complexity index is 737. The zero-order chi connectivity index (χ0) is 15.9. The number of aromatic nitrogens is 2. The van der Waals surface area contributed by atoms with Crippen LogP contribution in [0.15, 0.2) is 5.10 Å². The fourth-order valence-corrected chi connectivity index (χ4v) is 4.54. The van der Waals surface area contributed by atoms with Crippen molar-refractivity contribution in [3.8, 4) is 0 Å². The molecule has 2 fully saturated rings. The van der Waals surface area contributed by atoms with Crippen molar-refractivity contribution < 1.29 is 13.2 Å². The van der Waals surface area contributed by atoms with Crippen LogP contribution >= 0.6 is 11.6 Å². The summed E-state index contributed by atoms with van der Waals surface area (Å²) in [6, 6.07) is -0.237. The summed E-state index contributed by atoms with van der Waals surface area (Å²) < 4.78 is 24.7. The Kier molecular flexibility index (Phi) is 3.98. The van der Waals surface area contributed by atoms with Gasteiger partial charge in [0.25, 0.3) is 0 Å². The summed E-state index contributed by atoms with van der Waals surface area (Å²) in [5.74, 6) is 0.218. The average molecular weight is 345 g/mol. The van der Waals surface area contributed by atoms with Crippen LogP contribution in [0.3, 0.4) is 0 Å². The number of hydrogen-bond acceptors (Lipinski definition) is 5. The largest absolute Gasteiger partial charge is 0.273 e. The minimum atomic E-state index is -3.00. The third-order valence-electron chi connectivity index (χ3n) is 3.94. The van der Waals surface area contributed by atoms with Gasteiger partial charge in [-0.15, -0.1) is 0 Å². The molecule has 0 unspecified atom stereocenters. The molecule has 0 spiro atoms. The van der Waals surface area contributed by atoms with Gasteiger partial charge in [0.2, 0.25) is 5.91 Å². The molecule has 120 valence electrons. The molecule has 1 aliphatic carbocycles. The SMILES string of the molecule is Cc1nn([C@@H]2CCS(=O)(=O)C2)c(Cl)c1/C=N\NC(=O)C1CC1. The Balaban J connectivity index is 1.75. The van der Waals surface area contributed by atoms with Gasteiger partial charge in [0.15, 0.2) is 9.84 Å². The molecular formula is C13H17ClN4O3S. The number of hydrazone groups is 1. The van der Waals surface area contributed by atoms with E-state index in [9.17, 15) is 13.2 Å². The second-order valence-electron chi connectivity index (χ2n) is 5.80. The summed E-state index contributed by atoms with van der Waals surface area (Å²) in [4.78, 5) is 11.5. The van der Waals surface area contributed by atoms with E-state index in [0.717, 1.165) is 12.8 Å². The van der Waals surface area contributed by atoms with Crippen molar-refractivity contribution in [2.45, 2.75) is 32.2 Å². The van der Waals surface area contributed by atoms with E-state index >= 15 is 0 Å². The van der Waals surface area contributed by atoms with E-state index in [0.29, 0.717) is 22.8 Å². The smallest absolute Gasteiger partial charge is 0.243 e. The number of carbonyl (C=O) groups is 1. The minimum Gasteiger partial charge on any atom is -0.273 e. The van der Waals surface area contributed by atoms with Gasteiger partial charge in [0.1, 0.15) is 5.15 Å². The Hall–Kier alpha value is -1.41. The summed E-state index contributed by atoms with van der Waals surface area (Å²) in [6.45, 7) is 1.77. The lowest BCUT2D eigenvalue weighted by Crippen LogP contribution is -2.19. The van der Waals surface area contributed by atoms with Crippen LogP contribution in [0.25, 0.3) is 0 Å².